The Kier molecular flexibility index (Phi) is 6.32. The van der Waals surface area contributed by atoms with Gasteiger partial charge in [-0.15, -0.1) is 0 Å². The van der Waals surface area contributed by atoms with Crippen molar-refractivity contribution < 1.29 is 13.2 Å². The Morgan fingerprint density at radius 1 is 0.532 bits per heavy atom. The van der Waals surface area contributed by atoms with Gasteiger partial charge in [-0.1, -0.05) is 66.7 Å². The van der Waals surface area contributed by atoms with E-state index in [1.807, 2.05) is 48.5 Å². The van der Waals surface area contributed by atoms with E-state index in [9.17, 15) is 18.4 Å². The number of para-hydroxylation sites is 2. The van der Waals surface area contributed by atoms with Crippen molar-refractivity contribution in [3.05, 3.63) is 143 Å². The monoisotopic (exact) mass is 619 g/mol. The molecular weight excluding hydrogens is 591 g/mol. The molecule has 0 unspecified atom stereocenters. The average Bonchev–Trinajstić information content (AvgIpc) is 3.58. The van der Waals surface area contributed by atoms with Gasteiger partial charge in [0.25, 0.3) is 0 Å². The zero-order valence-electron chi connectivity index (χ0n) is 25.9. The van der Waals surface area contributed by atoms with Crippen LogP contribution in [-0.4, -0.2) is 9.13 Å². The molecule has 0 saturated carbocycles. The molecule has 0 radical (unpaired) electrons. The van der Waals surface area contributed by atoms with Crippen LogP contribution in [0.3, 0.4) is 0 Å². The van der Waals surface area contributed by atoms with Crippen LogP contribution in [0, 0.1) is 32.1 Å². The van der Waals surface area contributed by atoms with Crippen molar-refractivity contribution in [2.24, 2.45) is 0 Å². The Morgan fingerprint density at radius 3 is 1.55 bits per heavy atom. The van der Waals surface area contributed by atoms with Gasteiger partial charge in [0.2, 0.25) is 0 Å². The fourth-order valence-corrected chi connectivity index (χ4v) is 7.31. The molecule has 0 aliphatic rings. The van der Waals surface area contributed by atoms with Gasteiger partial charge < -0.3 is 9.13 Å². The van der Waals surface area contributed by atoms with Gasteiger partial charge in [0.1, 0.15) is 0 Å². The standard InChI is InChI=1S/C41H28F3N3/c1-24-10-8-16-35-39(24)30-12-4-6-14-33(30)46(35)37-21-27(23-45)32(29-19-18-28(20-26(29)3)41(42,43)44)22-38(37)47-34-15-7-5-13-31(34)40-25(2)11-9-17-36(40)47/h4-22H,1-3H3. The molecule has 0 fully saturated rings. The topological polar surface area (TPSA) is 33.6 Å². The first-order valence-electron chi connectivity index (χ1n) is 15.4. The number of halogens is 3. The largest absolute Gasteiger partial charge is 0.416 e. The van der Waals surface area contributed by atoms with Gasteiger partial charge in [0.05, 0.1) is 50.6 Å². The summed E-state index contributed by atoms with van der Waals surface area (Å²) in [6.45, 7) is 5.87. The number of nitriles is 1. The molecular formula is C41H28F3N3. The van der Waals surface area contributed by atoms with Crippen LogP contribution in [0.4, 0.5) is 13.2 Å². The van der Waals surface area contributed by atoms with Crippen LogP contribution >= 0.6 is 0 Å². The minimum absolute atomic E-state index is 0.377. The Bertz CT molecular complexity index is 2610. The lowest BCUT2D eigenvalue weighted by atomic mass is 9.93. The van der Waals surface area contributed by atoms with Crippen LogP contribution in [0.15, 0.2) is 115 Å². The minimum atomic E-state index is -4.47. The van der Waals surface area contributed by atoms with Crippen LogP contribution in [0.5, 0.6) is 0 Å². The Labute approximate surface area is 269 Å². The highest BCUT2D eigenvalue weighted by Crippen LogP contribution is 2.43. The highest BCUT2D eigenvalue weighted by Gasteiger charge is 2.31. The van der Waals surface area contributed by atoms with E-state index in [0.29, 0.717) is 22.3 Å². The van der Waals surface area contributed by atoms with E-state index < -0.39 is 11.7 Å². The van der Waals surface area contributed by atoms with Gasteiger partial charge in [-0.2, -0.15) is 18.4 Å². The Hall–Kier alpha value is -5.80. The van der Waals surface area contributed by atoms with Gasteiger partial charge in [0.15, 0.2) is 0 Å². The molecule has 8 aromatic rings. The summed E-state index contributed by atoms with van der Waals surface area (Å²) < 4.78 is 45.4. The first-order valence-corrected chi connectivity index (χ1v) is 15.4. The number of aromatic nitrogens is 2. The van der Waals surface area contributed by atoms with Gasteiger partial charge in [0, 0.05) is 27.1 Å². The van der Waals surface area contributed by atoms with Crippen molar-refractivity contribution in [1.29, 1.82) is 5.26 Å². The normalized spacial score (nSPS) is 12.0. The van der Waals surface area contributed by atoms with Crippen LogP contribution in [-0.2, 0) is 6.18 Å². The molecule has 2 heterocycles. The lowest BCUT2D eigenvalue weighted by Gasteiger charge is -2.20. The van der Waals surface area contributed by atoms with E-state index in [4.69, 9.17) is 0 Å². The molecule has 0 aliphatic heterocycles. The molecule has 0 atom stereocenters. The highest BCUT2D eigenvalue weighted by atomic mass is 19.4. The molecule has 6 aromatic carbocycles. The SMILES string of the molecule is Cc1cc(C(F)(F)F)ccc1-c1cc(-n2c3ccccc3c3c(C)cccc32)c(-n2c3ccccc3c3c(C)cccc32)cc1C#N. The van der Waals surface area contributed by atoms with Crippen LogP contribution in [0.2, 0.25) is 0 Å². The van der Waals surface area contributed by atoms with Crippen LogP contribution in [0.1, 0.15) is 27.8 Å². The third-order valence-corrected chi connectivity index (χ3v) is 9.37. The quantitative estimate of drug-likeness (QED) is 0.194. The lowest BCUT2D eigenvalue weighted by Crippen LogP contribution is -2.07. The number of rotatable bonds is 3. The first-order chi connectivity index (χ1) is 22.7. The van der Waals surface area contributed by atoms with E-state index in [0.717, 1.165) is 78.2 Å². The number of alkyl halides is 3. The Balaban J connectivity index is 1.56. The van der Waals surface area contributed by atoms with Crippen molar-refractivity contribution >= 4 is 43.6 Å². The summed E-state index contributed by atoms with van der Waals surface area (Å²) in [6, 6.07) is 39.0. The summed E-state index contributed by atoms with van der Waals surface area (Å²) in [5, 5.41) is 15.1. The predicted molar refractivity (Wildman–Crippen MR) is 184 cm³/mol. The van der Waals surface area contributed by atoms with E-state index in [1.54, 1.807) is 6.92 Å². The summed E-state index contributed by atoms with van der Waals surface area (Å²) in [7, 11) is 0. The fourth-order valence-electron chi connectivity index (χ4n) is 7.31. The van der Waals surface area contributed by atoms with E-state index in [2.05, 4.69) is 77.6 Å². The number of fused-ring (bicyclic) bond motifs is 6. The summed E-state index contributed by atoms with van der Waals surface area (Å²) in [5.74, 6) is 0. The summed E-state index contributed by atoms with van der Waals surface area (Å²) in [4.78, 5) is 0. The second kappa shape index (κ2) is 10.4. The minimum Gasteiger partial charge on any atom is -0.307 e. The maximum atomic E-state index is 13.7. The molecule has 6 heteroatoms. The molecule has 0 saturated heterocycles. The molecule has 47 heavy (non-hydrogen) atoms. The molecule has 2 aromatic heterocycles. The maximum absolute atomic E-state index is 13.7. The van der Waals surface area contributed by atoms with Crippen molar-refractivity contribution in [3.8, 4) is 28.6 Å². The molecule has 0 N–H and O–H groups in total. The second-order valence-corrected chi connectivity index (χ2v) is 12.2. The summed E-state index contributed by atoms with van der Waals surface area (Å²) >= 11 is 0. The third kappa shape index (κ3) is 4.27. The zero-order valence-corrected chi connectivity index (χ0v) is 25.9. The smallest absolute Gasteiger partial charge is 0.307 e. The number of aryl methyl sites for hydroxylation is 3. The highest BCUT2D eigenvalue weighted by molar-refractivity contribution is 6.13. The van der Waals surface area contributed by atoms with Crippen molar-refractivity contribution in [2.75, 3.05) is 0 Å². The molecule has 3 nitrogen and oxygen atoms in total. The molecule has 0 bridgehead atoms. The van der Waals surface area contributed by atoms with E-state index in [1.165, 1.54) is 6.07 Å². The van der Waals surface area contributed by atoms with Gasteiger partial charge >= 0.3 is 6.18 Å². The zero-order chi connectivity index (χ0) is 32.6. The number of benzene rings is 6. The third-order valence-electron chi connectivity index (χ3n) is 9.37. The van der Waals surface area contributed by atoms with Gasteiger partial charge in [-0.3, -0.25) is 0 Å². The number of hydrogen-bond donors (Lipinski definition) is 0. The summed E-state index contributed by atoms with van der Waals surface area (Å²) in [6.07, 6.45) is -4.47. The molecule has 0 amide bonds. The Morgan fingerprint density at radius 2 is 1.04 bits per heavy atom. The van der Waals surface area contributed by atoms with E-state index in [-0.39, 0.29) is 0 Å². The predicted octanol–water partition coefficient (Wildman–Crippen LogP) is 11.4. The average molecular weight is 620 g/mol. The van der Waals surface area contributed by atoms with E-state index >= 15 is 0 Å². The van der Waals surface area contributed by atoms with Crippen molar-refractivity contribution in [1.82, 2.24) is 9.13 Å². The fraction of sp³-hybridized carbons (Fsp3) is 0.0976. The number of hydrogen-bond acceptors (Lipinski definition) is 1. The summed E-state index contributed by atoms with van der Waals surface area (Å²) in [5.41, 5.74) is 9.17. The van der Waals surface area contributed by atoms with Gasteiger partial charge in [-0.05, 0) is 91.6 Å². The molecule has 0 aliphatic carbocycles. The van der Waals surface area contributed by atoms with Crippen molar-refractivity contribution in [3.63, 3.8) is 0 Å². The maximum Gasteiger partial charge on any atom is 0.416 e. The first kappa shape index (κ1) is 28.7. The van der Waals surface area contributed by atoms with Crippen molar-refractivity contribution in [2.45, 2.75) is 26.9 Å². The van der Waals surface area contributed by atoms with Crippen LogP contribution in [0.25, 0.3) is 66.1 Å². The van der Waals surface area contributed by atoms with Gasteiger partial charge in [-0.25, -0.2) is 0 Å². The van der Waals surface area contributed by atoms with Crippen LogP contribution < -0.4 is 0 Å². The molecule has 8 rings (SSSR count). The molecule has 228 valence electrons. The molecule has 0 spiro atoms. The lowest BCUT2D eigenvalue weighted by molar-refractivity contribution is -0.137. The second-order valence-electron chi connectivity index (χ2n) is 12.2. The number of nitrogens with zero attached hydrogens (tertiary/aromatic N) is 3.